The van der Waals surface area contributed by atoms with Crippen LogP contribution in [0.2, 0.25) is 0 Å². The quantitative estimate of drug-likeness (QED) is 0.134. The highest BCUT2D eigenvalue weighted by Crippen LogP contribution is 2.56. The minimum atomic E-state index is -0.678. The Hall–Kier alpha value is -5.07. The number of methoxy groups -OCH3 is 1. The molecular formula is C40H44N8O4. The van der Waals surface area contributed by atoms with E-state index in [0.717, 1.165) is 83.8 Å². The minimum Gasteiger partial charge on any atom is -0.453 e. The van der Waals surface area contributed by atoms with Crippen molar-refractivity contribution in [1.82, 2.24) is 40.5 Å². The average molecular weight is 701 g/mol. The van der Waals surface area contributed by atoms with Gasteiger partial charge >= 0.3 is 6.09 Å². The molecule has 12 heteroatoms. The van der Waals surface area contributed by atoms with Gasteiger partial charge in [0, 0.05) is 23.9 Å². The highest BCUT2D eigenvalue weighted by molar-refractivity contribution is 5.87. The van der Waals surface area contributed by atoms with E-state index in [-0.39, 0.29) is 30.1 Å². The molecule has 0 saturated carbocycles. The van der Waals surface area contributed by atoms with Crippen LogP contribution in [0.3, 0.4) is 0 Å². The topological polar surface area (TPSA) is 150 Å². The van der Waals surface area contributed by atoms with E-state index >= 15 is 0 Å². The van der Waals surface area contributed by atoms with E-state index in [1.807, 2.05) is 31.1 Å². The second-order valence-corrected chi connectivity index (χ2v) is 14.8. The molecule has 4 aliphatic heterocycles. The number of nitrogens with zero attached hydrogens (tertiary/aromatic N) is 4. The van der Waals surface area contributed by atoms with Crippen molar-refractivity contribution in [2.24, 2.45) is 5.92 Å². The molecule has 0 aliphatic carbocycles. The third kappa shape index (κ3) is 5.65. The predicted octanol–water partition coefficient (Wildman–Crippen LogP) is 7.06. The van der Waals surface area contributed by atoms with Gasteiger partial charge in [0.25, 0.3) is 0 Å². The number of carbonyl (C=O) groups excluding carboxylic acids is 2. The van der Waals surface area contributed by atoms with Crippen LogP contribution >= 0.6 is 0 Å². The van der Waals surface area contributed by atoms with Gasteiger partial charge in [0.15, 0.2) is 0 Å². The first-order valence-electron chi connectivity index (χ1n) is 18.6. The van der Waals surface area contributed by atoms with E-state index in [1.165, 1.54) is 35.8 Å². The van der Waals surface area contributed by atoms with Crippen molar-refractivity contribution in [2.75, 3.05) is 20.2 Å². The van der Waals surface area contributed by atoms with Crippen molar-refractivity contribution in [3.63, 3.8) is 0 Å². The van der Waals surface area contributed by atoms with Crippen LogP contribution in [0.4, 0.5) is 4.79 Å². The second kappa shape index (κ2) is 13.2. The Balaban J connectivity index is 0.971. The molecule has 12 nitrogen and oxygen atoms in total. The number of alkyl carbamates (subject to hydrolysis) is 1. The SMILES string of the molecule is COC(=O)N[C@H](C(=O)N1CCC[C@H]1c1ncc(-c2ccc(-c3ccc(-c4ccc5nc([C@@H]6CCCN6)[nH]c5c4)c4c3C3CCC4O3)nc2)[nH]1)C(C)C. The zero-order valence-electron chi connectivity index (χ0n) is 29.7. The fraction of sp³-hybridized carbons (Fsp3) is 0.425. The summed E-state index contributed by atoms with van der Waals surface area (Å²) in [7, 11) is 1.30. The standard InChI is InChI=1S/C40H44N8O4/c1-21(2)36(47-40(50)51-3)39(49)48-17-5-7-31(48)38-43-20-30(46-38)23-9-12-26(42-19-23)25-11-10-24(34-32-14-15-33(52-32)35(25)34)22-8-13-27-29(18-22)45-37(44-27)28-6-4-16-41-28/h8-13,18-21,28,31-33,36,41H,4-7,14-17H2,1-3H3,(H,43,46)(H,44,45)(H,47,50)/t28-,31-,32?,33?,36-/m0/s1. The fourth-order valence-corrected chi connectivity index (χ4v) is 8.71. The maximum Gasteiger partial charge on any atom is 0.407 e. The molecule has 52 heavy (non-hydrogen) atoms. The fourth-order valence-electron chi connectivity index (χ4n) is 8.71. The summed E-state index contributed by atoms with van der Waals surface area (Å²) in [6, 6.07) is 14.5. The molecule has 7 heterocycles. The van der Waals surface area contributed by atoms with Crippen molar-refractivity contribution in [3.05, 3.63) is 77.6 Å². The Morgan fingerprint density at radius 2 is 1.71 bits per heavy atom. The molecule has 4 N–H and O–H groups in total. The number of aromatic amines is 2. The number of hydrogen-bond acceptors (Lipinski definition) is 8. The molecule has 5 atom stereocenters. The van der Waals surface area contributed by atoms with Gasteiger partial charge in [-0.15, -0.1) is 0 Å². The summed E-state index contributed by atoms with van der Waals surface area (Å²) in [5.74, 6) is 1.53. The molecule has 268 valence electrons. The molecule has 9 rings (SSSR count). The van der Waals surface area contributed by atoms with Crippen LogP contribution in [-0.2, 0) is 14.3 Å². The van der Waals surface area contributed by atoms with Gasteiger partial charge in [-0.05, 0) is 97.5 Å². The molecule has 2 bridgehead atoms. The highest BCUT2D eigenvalue weighted by Gasteiger charge is 2.42. The zero-order valence-corrected chi connectivity index (χ0v) is 29.7. The Kier molecular flexibility index (Phi) is 8.31. The Morgan fingerprint density at radius 3 is 2.46 bits per heavy atom. The van der Waals surface area contributed by atoms with Crippen molar-refractivity contribution in [2.45, 2.75) is 82.7 Å². The molecule has 0 spiro atoms. The summed E-state index contributed by atoms with van der Waals surface area (Å²) in [6.07, 6.45) is 9.21. The Labute approximate surface area is 302 Å². The van der Waals surface area contributed by atoms with E-state index in [0.29, 0.717) is 12.6 Å². The van der Waals surface area contributed by atoms with Crippen LogP contribution in [0, 0.1) is 5.92 Å². The maximum absolute atomic E-state index is 13.6. The number of likely N-dealkylation sites (tertiary alicyclic amines) is 1. The molecule has 5 aromatic rings. The first kappa shape index (κ1) is 32.8. The third-order valence-corrected chi connectivity index (χ3v) is 11.3. The lowest BCUT2D eigenvalue weighted by Crippen LogP contribution is -2.51. The molecule has 3 fully saturated rings. The van der Waals surface area contributed by atoms with Gasteiger partial charge in [-0.1, -0.05) is 32.0 Å². The van der Waals surface area contributed by atoms with E-state index in [4.69, 9.17) is 24.4 Å². The average Bonchev–Trinajstić information content (AvgIpc) is 4.02. The van der Waals surface area contributed by atoms with Crippen molar-refractivity contribution in [3.8, 4) is 33.6 Å². The summed E-state index contributed by atoms with van der Waals surface area (Å²) in [6.45, 7) is 5.47. The van der Waals surface area contributed by atoms with Crippen LogP contribution in [0.5, 0.6) is 0 Å². The molecular weight excluding hydrogens is 656 g/mol. The molecule has 2 amide bonds. The van der Waals surface area contributed by atoms with Gasteiger partial charge in [-0.2, -0.15) is 0 Å². The number of fused-ring (bicyclic) bond motifs is 6. The molecule has 2 aromatic carbocycles. The van der Waals surface area contributed by atoms with Gasteiger partial charge in [0.1, 0.15) is 17.7 Å². The van der Waals surface area contributed by atoms with E-state index in [9.17, 15) is 9.59 Å². The number of pyridine rings is 1. The van der Waals surface area contributed by atoms with E-state index in [2.05, 4.69) is 63.1 Å². The lowest BCUT2D eigenvalue weighted by Gasteiger charge is -2.30. The first-order valence-corrected chi connectivity index (χ1v) is 18.6. The van der Waals surface area contributed by atoms with Crippen LogP contribution in [0.15, 0.2) is 54.9 Å². The molecule has 4 aliphatic rings. The minimum absolute atomic E-state index is 0.0673. The largest absolute Gasteiger partial charge is 0.453 e. The van der Waals surface area contributed by atoms with Crippen LogP contribution in [-0.4, -0.2) is 68.1 Å². The lowest BCUT2D eigenvalue weighted by molar-refractivity contribution is -0.135. The number of hydrogen-bond donors (Lipinski definition) is 4. The molecule has 3 aromatic heterocycles. The summed E-state index contributed by atoms with van der Waals surface area (Å²) in [5.41, 5.74) is 10.7. The second-order valence-electron chi connectivity index (χ2n) is 14.8. The van der Waals surface area contributed by atoms with Crippen LogP contribution in [0.1, 0.15) is 99.4 Å². The Morgan fingerprint density at radius 1 is 0.904 bits per heavy atom. The number of nitrogens with one attached hydrogen (secondary N) is 4. The number of benzene rings is 2. The summed E-state index contributed by atoms with van der Waals surface area (Å²) in [5, 5.41) is 6.26. The van der Waals surface area contributed by atoms with Crippen molar-refractivity contribution in [1.29, 1.82) is 0 Å². The maximum atomic E-state index is 13.6. The number of rotatable bonds is 8. The van der Waals surface area contributed by atoms with Gasteiger partial charge in [0.2, 0.25) is 5.91 Å². The van der Waals surface area contributed by atoms with Crippen LogP contribution < -0.4 is 10.6 Å². The number of amides is 2. The lowest BCUT2D eigenvalue weighted by atomic mass is 9.82. The van der Waals surface area contributed by atoms with Crippen molar-refractivity contribution >= 4 is 23.0 Å². The molecule has 2 unspecified atom stereocenters. The van der Waals surface area contributed by atoms with Gasteiger partial charge < -0.3 is 35.0 Å². The number of carbonyl (C=O) groups is 2. The summed E-state index contributed by atoms with van der Waals surface area (Å²) >= 11 is 0. The Bertz CT molecular complexity index is 2150. The number of imidazole rings is 2. The van der Waals surface area contributed by atoms with Gasteiger partial charge in [-0.25, -0.2) is 14.8 Å². The number of H-pyrrole nitrogens is 2. The summed E-state index contributed by atoms with van der Waals surface area (Å²) < 4.78 is 11.3. The molecule has 3 saturated heterocycles. The smallest absolute Gasteiger partial charge is 0.407 e. The van der Waals surface area contributed by atoms with Crippen molar-refractivity contribution < 1.29 is 19.1 Å². The van der Waals surface area contributed by atoms with E-state index < -0.39 is 12.1 Å². The third-order valence-electron chi connectivity index (χ3n) is 11.3. The van der Waals surface area contributed by atoms with E-state index in [1.54, 1.807) is 0 Å². The van der Waals surface area contributed by atoms with Gasteiger partial charge in [0.05, 0.1) is 60.0 Å². The summed E-state index contributed by atoms with van der Waals surface area (Å²) in [4.78, 5) is 49.0. The zero-order chi connectivity index (χ0) is 35.5. The number of aromatic nitrogens is 5. The van der Waals surface area contributed by atoms with Crippen LogP contribution in [0.25, 0.3) is 44.7 Å². The predicted molar refractivity (Wildman–Crippen MR) is 196 cm³/mol. The normalized spacial score (nSPS) is 22.7. The number of ether oxygens (including phenoxy) is 2. The highest BCUT2D eigenvalue weighted by atomic mass is 16.5. The monoisotopic (exact) mass is 700 g/mol. The first-order chi connectivity index (χ1) is 25.4. The molecule has 0 radical (unpaired) electrons. The van der Waals surface area contributed by atoms with Gasteiger partial charge in [-0.3, -0.25) is 9.78 Å².